The lowest BCUT2D eigenvalue weighted by Gasteiger charge is -2.20. The summed E-state index contributed by atoms with van der Waals surface area (Å²) in [7, 11) is 0. The van der Waals surface area contributed by atoms with E-state index in [1.165, 1.54) is 11.1 Å². The second-order valence-electron chi connectivity index (χ2n) is 5.32. The number of rotatable bonds is 4. The lowest BCUT2D eigenvalue weighted by Crippen LogP contribution is -2.13. The number of epoxide rings is 1. The van der Waals surface area contributed by atoms with Crippen LogP contribution in [0.5, 0.6) is 0 Å². The topological polar surface area (TPSA) is 12.5 Å². The molecular weight excluding hydrogens is 220 g/mol. The minimum absolute atomic E-state index is 0.0797. The molecule has 2 aromatic rings. The third-order valence-corrected chi connectivity index (χ3v) is 3.68. The highest BCUT2D eigenvalue weighted by molar-refractivity contribution is 5.33. The monoisotopic (exact) mass is 238 g/mol. The van der Waals surface area contributed by atoms with E-state index in [1.54, 1.807) is 0 Å². The lowest BCUT2D eigenvalue weighted by atomic mass is 9.84. The van der Waals surface area contributed by atoms with Crippen molar-refractivity contribution in [3.05, 3.63) is 71.8 Å². The summed E-state index contributed by atoms with van der Waals surface area (Å²) in [5, 5.41) is 0. The van der Waals surface area contributed by atoms with Crippen molar-refractivity contribution in [2.24, 2.45) is 0 Å². The first kappa shape index (κ1) is 11.5. The van der Waals surface area contributed by atoms with Crippen molar-refractivity contribution >= 4 is 0 Å². The Balaban J connectivity index is 1.93. The summed E-state index contributed by atoms with van der Waals surface area (Å²) in [4.78, 5) is 0. The van der Waals surface area contributed by atoms with Gasteiger partial charge in [0.05, 0.1) is 12.2 Å². The first-order valence-electron chi connectivity index (χ1n) is 6.51. The van der Waals surface area contributed by atoms with Crippen LogP contribution >= 0.6 is 0 Å². The van der Waals surface area contributed by atoms with E-state index in [4.69, 9.17) is 4.74 Å². The van der Waals surface area contributed by atoms with Crippen molar-refractivity contribution in [3.63, 3.8) is 0 Å². The molecule has 92 valence electrons. The molecule has 1 saturated heterocycles. The molecule has 1 fully saturated rings. The smallest absolute Gasteiger partial charge is 0.0897 e. The molecule has 0 saturated carbocycles. The van der Waals surface area contributed by atoms with E-state index in [2.05, 4.69) is 67.6 Å². The van der Waals surface area contributed by atoms with Crippen LogP contribution in [0.3, 0.4) is 0 Å². The summed E-state index contributed by atoms with van der Waals surface area (Å²) in [6.45, 7) is 3.09. The molecular formula is C17H18O. The molecule has 1 unspecified atom stereocenters. The zero-order chi connectivity index (χ0) is 12.4. The van der Waals surface area contributed by atoms with Crippen molar-refractivity contribution in [3.8, 4) is 0 Å². The number of hydrogen-bond donors (Lipinski definition) is 0. The first-order chi connectivity index (χ1) is 8.77. The highest BCUT2D eigenvalue weighted by Gasteiger charge is 2.41. The van der Waals surface area contributed by atoms with Gasteiger partial charge in [0, 0.05) is 5.92 Å². The Morgan fingerprint density at radius 3 is 1.78 bits per heavy atom. The highest BCUT2D eigenvalue weighted by Crippen LogP contribution is 2.40. The SMILES string of the molecule is CC1(CC(c2ccccc2)c2ccccc2)CO1. The minimum atomic E-state index is 0.0797. The molecule has 1 nitrogen and oxygen atoms in total. The predicted molar refractivity (Wildman–Crippen MR) is 73.7 cm³/mol. The average molecular weight is 238 g/mol. The average Bonchev–Trinajstić information content (AvgIpc) is 3.16. The van der Waals surface area contributed by atoms with Gasteiger partial charge >= 0.3 is 0 Å². The van der Waals surface area contributed by atoms with Crippen LogP contribution in [0.25, 0.3) is 0 Å². The van der Waals surface area contributed by atoms with E-state index in [0.29, 0.717) is 5.92 Å². The number of benzene rings is 2. The van der Waals surface area contributed by atoms with Crippen molar-refractivity contribution in [2.45, 2.75) is 24.9 Å². The van der Waals surface area contributed by atoms with Crippen LogP contribution in [0.15, 0.2) is 60.7 Å². The van der Waals surface area contributed by atoms with Crippen LogP contribution in [0.4, 0.5) is 0 Å². The highest BCUT2D eigenvalue weighted by atomic mass is 16.6. The second-order valence-corrected chi connectivity index (χ2v) is 5.32. The molecule has 1 heterocycles. The van der Waals surface area contributed by atoms with Gasteiger partial charge in [0.15, 0.2) is 0 Å². The molecule has 1 aliphatic heterocycles. The van der Waals surface area contributed by atoms with Crippen LogP contribution < -0.4 is 0 Å². The maximum Gasteiger partial charge on any atom is 0.0897 e. The zero-order valence-electron chi connectivity index (χ0n) is 10.7. The second kappa shape index (κ2) is 4.58. The Morgan fingerprint density at radius 1 is 0.944 bits per heavy atom. The molecule has 0 radical (unpaired) electrons. The van der Waals surface area contributed by atoms with Gasteiger partial charge in [-0.05, 0) is 24.5 Å². The number of hydrogen-bond acceptors (Lipinski definition) is 1. The first-order valence-corrected chi connectivity index (χ1v) is 6.51. The molecule has 18 heavy (non-hydrogen) atoms. The lowest BCUT2D eigenvalue weighted by molar-refractivity contribution is 0.300. The summed E-state index contributed by atoms with van der Waals surface area (Å²) in [5.74, 6) is 0.430. The standard InChI is InChI=1S/C17H18O/c1-17(13-18-17)12-16(14-8-4-2-5-9-14)15-10-6-3-7-11-15/h2-11,16H,12-13H2,1H3. The normalized spacial score (nSPS) is 22.1. The van der Waals surface area contributed by atoms with E-state index < -0.39 is 0 Å². The van der Waals surface area contributed by atoms with Gasteiger partial charge in [-0.2, -0.15) is 0 Å². The summed E-state index contributed by atoms with van der Waals surface area (Å²) in [6.07, 6.45) is 1.06. The number of ether oxygens (including phenoxy) is 1. The molecule has 0 N–H and O–H groups in total. The summed E-state index contributed by atoms with van der Waals surface area (Å²) in [5.41, 5.74) is 2.83. The van der Waals surface area contributed by atoms with E-state index in [0.717, 1.165) is 13.0 Å². The molecule has 2 aromatic carbocycles. The van der Waals surface area contributed by atoms with Gasteiger partial charge in [-0.1, -0.05) is 60.7 Å². The van der Waals surface area contributed by atoms with Gasteiger partial charge < -0.3 is 4.74 Å². The van der Waals surface area contributed by atoms with Crippen LogP contribution in [-0.2, 0) is 4.74 Å². The van der Waals surface area contributed by atoms with Crippen LogP contribution in [0.1, 0.15) is 30.4 Å². The zero-order valence-corrected chi connectivity index (χ0v) is 10.7. The van der Waals surface area contributed by atoms with E-state index in [9.17, 15) is 0 Å². The fraction of sp³-hybridized carbons (Fsp3) is 0.294. The summed E-state index contributed by atoms with van der Waals surface area (Å²) < 4.78 is 5.57. The summed E-state index contributed by atoms with van der Waals surface area (Å²) in [6, 6.07) is 21.4. The van der Waals surface area contributed by atoms with Gasteiger partial charge in [-0.25, -0.2) is 0 Å². The molecule has 0 spiro atoms. The van der Waals surface area contributed by atoms with E-state index >= 15 is 0 Å². The van der Waals surface area contributed by atoms with Gasteiger partial charge in [-0.3, -0.25) is 0 Å². The largest absolute Gasteiger partial charge is 0.370 e. The molecule has 0 bridgehead atoms. The maximum atomic E-state index is 5.57. The quantitative estimate of drug-likeness (QED) is 0.733. The van der Waals surface area contributed by atoms with Crippen LogP contribution in [0, 0.1) is 0 Å². The molecule has 3 rings (SSSR count). The van der Waals surface area contributed by atoms with Gasteiger partial charge in [0.1, 0.15) is 0 Å². The molecule has 0 amide bonds. The van der Waals surface area contributed by atoms with Crippen molar-refractivity contribution in [1.29, 1.82) is 0 Å². The van der Waals surface area contributed by atoms with Crippen LogP contribution in [0.2, 0.25) is 0 Å². The molecule has 1 aliphatic rings. The van der Waals surface area contributed by atoms with Crippen molar-refractivity contribution in [1.82, 2.24) is 0 Å². The van der Waals surface area contributed by atoms with Gasteiger partial charge in [0.25, 0.3) is 0 Å². The molecule has 0 aliphatic carbocycles. The molecule has 1 atom stereocenters. The fourth-order valence-electron chi connectivity index (χ4n) is 2.47. The van der Waals surface area contributed by atoms with E-state index in [1.807, 2.05) is 0 Å². The minimum Gasteiger partial charge on any atom is -0.370 e. The Labute approximate surface area is 108 Å². The Morgan fingerprint density at radius 2 is 1.39 bits per heavy atom. The molecule has 0 aromatic heterocycles. The van der Waals surface area contributed by atoms with Gasteiger partial charge in [0.2, 0.25) is 0 Å². The molecule has 1 heteroatoms. The van der Waals surface area contributed by atoms with Crippen LogP contribution in [-0.4, -0.2) is 12.2 Å². The van der Waals surface area contributed by atoms with Crippen molar-refractivity contribution in [2.75, 3.05) is 6.61 Å². The third kappa shape index (κ3) is 2.46. The Bertz CT molecular complexity index is 460. The fourth-order valence-corrected chi connectivity index (χ4v) is 2.47. The Hall–Kier alpha value is -1.60. The third-order valence-electron chi connectivity index (χ3n) is 3.68. The predicted octanol–water partition coefficient (Wildman–Crippen LogP) is 4.00. The Kier molecular flexibility index (Phi) is 2.92. The van der Waals surface area contributed by atoms with Gasteiger partial charge in [-0.15, -0.1) is 0 Å². The van der Waals surface area contributed by atoms with E-state index in [-0.39, 0.29) is 5.60 Å². The maximum absolute atomic E-state index is 5.57. The van der Waals surface area contributed by atoms with Crippen molar-refractivity contribution < 1.29 is 4.74 Å². The summed E-state index contributed by atoms with van der Waals surface area (Å²) >= 11 is 0.